The summed E-state index contributed by atoms with van der Waals surface area (Å²) < 4.78 is 13.9. The van der Waals surface area contributed by atoms with Crippen LogP contribution >= 0.6 is 23.2 Å². The summed E-state index contributed by atoms with van der Waals surface area (Å²) in [5, 5.41) is 4.62. The Labute approximate surface area is 135 Å². The fourth-order valence-corrected chi connectivity index (χ4v) is 2.83. The van der Waals surface area contributed by atoms with Gasteiger partial charge in [0.05, 0.1) is 0 Å². The number of rotatable bonds is 6. The van der Waals surface area contributed by atoms with Crippen LogP contribution in [0.15, 0.2) is 42.5 Å². The summed E-state index contributed by atoms with van der Waals surface area (Å²) in [6, 6.07) is 12.3. The second-order valence-corrected chi connectivity index (χ2v) is 5.88. The third-order valence-electron chi connectivity index (χ3n) is 3.31. The van der Waals surface area contributed by atoms with Crippen molar-refractivity contribution >= 4 is 23.2 Å². The monoisotopic (exact) mass is 325 g/mol. The van der Waals surface area contributed by atoms with E-state index in [0.717, 1.165) is 18.5 Å². The van der Waals surface area contributed by atoms with Crippen LogP contribution in [0.2, 0.25) is 10.0 Å². The van der Waals surface area contributed by atoms with Crippen molar-refractivity contribution in [2.24, 2.45) is 0 Å². The maximum Gasteiger partial charge on any atom is 0.126 e. The standard InChI is InChI=1S/C17H18Cl2FN/c1-2-7-21-17(10-12-5-3-4-6-16(12)20)13-8-14(18)11-15(19)9-13/h3-6,8-9,11,17,21H,2,7,10H2,1H3. The van der Waals surface area contributed by atoms with Crippen molar-refractivity contribution < 1.29 is 4.39 Å². The van der Waals surface area contributed by atoms with E-state index >= 15 is 0 Å². The Balaban J connectivity index is 2.27. The third-order valence-corrected chi connectivity index (χ3v) is 3.75. The first-order chi connectivity index (χ1) is 10.1. The van der Waals surface area contributed by atoms with Crippen LogP contribution in [0.4, 0.5) is 4.39 Å². The Morgan fingerprint density at radius 1 is 1.10 bits per heavy atom. The fourth-order valence-electron chi connectivity index (χ4n) is 2.29. The van der Waals surface area contributed by atoms with Gasteiger partial charge in [0.25, 0.3) is 0 Å². The van der Waals surface area contributed by atoms with Gasteiger partial charge in [0.15, 0.2) is 0 Å². The highest BCUT2D eigenvalue weighted by atomic mass is 35.5. The second kappa shape index (κ2) is 7.79. The summed E-state index contributed by atoms with van der Waals surface area (Å²) >= 11 is 12.2. The van der Waals surface area contributed by atoms with E-state index in [1.807, 2.05) is 24.3 Å². The van der Waals surface area contributed by atoms with E-state index in [1.165, 1.54) is 6.07 Å². The zero-order valence-corrected chi connectivity index (χ0v) is 13.4. The summed E-state index contributed by atoms with van der Waals surface area (Å²) in [5.41, 5.74) is 1.66. The van der Waals surface area contributed by atoms with Gasteiger partial charge in [-0.05, 0) is 54.8 Å². The Morgan fingerprint density at radius 3 is 2.38 bits per heavy atom. The molecule has 0 aliphatic heterocycles. The first-order valence-electron chi connectivity index (χ1n) is 7.03. The average Bonchev–Trinajstić information content (AvgIpc) is 2.44. The van der Waals surface area contributed by atoms with Gasteiger partial charge in [-0.15, -0.1) is 0 Å². The minimum absolute atomic E-state index is 0.0157. The van der Waals surface area contributed by atoms with Crippen LogP contribution in [-0.2, 0) is 6.42 Å². The van der Waals surface area contributed by atoms with Gasteiger partial charge in [-0.25, -0.2) is 4.39 Å². The molecule has 0 aliphatic rings. The molecule has 0 saturated carbocycles. The van der Waals surface area contributed by atoms with E-state index in [9.17, 15) is 4.39 Å². The van der Waals surface area contributed by atoms with Gasteiger partial charge in [-0.3, -0.25) is 0 Å². The Morgan fingerprint density at radius 2 is 1.76 bits per heavy atom. The van der Waals surface area contributed by atoms with E-state index < -0.39 is 0 Å². The molecule has 0 heterocycles. The van der Waals surface area contributed by atoms with Crippen LogP contribution in [0.25, 0.3) is 0 Å². The highest BCUT2D eigenvalue weighted by Crippen LogP contribution is 2.26. The molecule has 21 heavy (non-hydrogen) atoms. The van der Waals surface area contributed by atoms with Crippen LogP contribution in [-0.4, -0.2) is 6.54 Å². The van der Waals surface area contributed by atoms with Gasteiger partial charge in [0, 0.05) is 16.1 Å². The normalized spacial score (nSPS) is 12.4. The molecule has 112 valence electrons. The molecular formula is C17H18Cl2FN. The molecule has 1 N–H and O–H groups in total. The Bertz CT molecular complexity index is 581. The summed E-state index contributed by atoms with van der Waals surface area (Å²) in [5.74, 6) is -0.186. The minimum Gasteiger partial charge on any atom is -0.310 e. The number of nitrogens with one attached hydrogen (secondary N) is 1. The summed E-state index contributed by atoms with van der Waals surface area (Å²) in [7, 11) is 0. The average molecular weight is 326 g/mol. The van der Waals surface area contributed by atoms with Gasteiger partial charge in [-0.1, -0.05) is 48.3 Å². The van der Waals surface area contributed by atoms with Gasteiger partial charge in [-0.2, -0.15) is 0 Å². The molecule has 4 heteroatoms. The van der Waals surface area contributed by atoms with Crippen LogP contribution in [0.1, 0.15) is 30.5 Å². The van der Waals surface area contributed by atoms with Crippen molar-refractivity contribution in [3.63, 3.8) is 0 Å². The molecule has 2 rings (SSSR count). The smallest absolute Gasteiger partial charge is 0.126 e. The summed E-state index contributed by atoms with van der Waals surface area (Å²) in [6.45, 7) is 2.95. The highest BCUT2D eigenvalue weighted by Gasteiger charge is 2.15. The van der Waals surface area contributed by atoms with Gasteiger partial charge in [0.2, 0.25) is 0 Å². The van der Waals surface area contributed by atoms with Crippen molar-refractivity contribution in [2.45, 2.75) is 25.8 Å². The van der Waals surface area contributed by atoms with Crippen molar-refractivity contribution in [1.82, 2.24) is 5.32 Å². The molecule has 0 saturated heterocycles. The molecule has 1 atom stereocenters. The molecule has 2 aromatic carbocycles. The molecule has 0 bridgehead atoms. The van der Waals surface area contributed by atoms with Crippen molar-refractivity contribution in [1.29, 1.82) is 0 Å². The summed E-state index contributed by atoms with van der Waals surface area (Å²) in [4.78, 5) is 0. The van der Waals surface area contributed by atoms with E-state index in [1.54, 1.807) is 12.1 Å². The lowest BCUT2D eigenvalue weighted by Gasteiger charge is -2.20. The van der Waals surface area contributed by atoms with Crippen molar-refractivity contribution in [2.75, 3.05) is 6.54 Å². The first-order valence-corrected chi connectivity index (χ1v) is 7.78. The zero-order valence-electron chi connectivity index (χ0n) is 11.9. The lowest BCUT2D eigenvalue weighted by Crippen LogP contribution is -2.24. The van der Waals surface area contributed by atoms with Crippen LogP contribution < -0.4 is 5.32 Å². The molecule has 1 nitrogen and oxygen atoms in total. The Kier molecular flexibility index (Phi) is 6.04. The molecule has 0 aliphatic carbocycles. The van der Waals surface area contributed by atoms with E-state index in [2.05, 4.69) is 12.2 Å². The van der Waals surface area contributed by atoms with Crippen molar-refractivity contribution in [3.8, 4) is 0 Å². The summed E-state index contributed by atoms with van der Waals surface area (Å²) in [6.07, 6.45) is 1.56. The predicted molar refractivity (Wildman–Crippen MR) is 87.6 cm³/mol. The SMILES string of the molecule is CCCNC(Cc1ccccc1F)c1cc(Cl)cc(Cl)c1. The number of halogens is 3. The fraction of sp³-hybridized carbons (Fsp3) is 0.294. The first kappa shape index (κ1) is 16.3. The van der Waals surface area contributed by atoms with Gasteiger partial charge < -0.3 is 5.32 Å². The van der Waals surface area contributed by atoms with Crippen LogP contribution in [0.5, 0.6) is 0 Å². The Hall–Kier alpha value is -1.09. The largest absolute Gasteiger partial charge is 0.310 e. The number of hydrogen-bond acceptors (Lipinski definition) is 1. The van der Waals surface area contributed by atoms with E-state index in [-0.39, 0.29) is 11.9 Å². The van der Waals surface area contributed by atoms with Gasteiger partial charge >= 0.3 is 0 Å². The van der Waals surface area contributed by atoms with E-state index in [0.29, 0.717) is 22.0 Å². The second-order valence-electron chi connectivity index (χ2n) is 5.01. The van der Waals surface area contributed by atoms with E-state index in [4.69, 9.17) is 23.2 Å². The maximum atomic E-state index is 13.9. The molecule has 1 unspecified atom stereocenters. The number of benzene rings is 2. The van der Waals surface area contributed by atoms with Crippen LogP contribution in [0.3, 0.4) is 0 Å². The van der Waals surface area contributed by atoms with Gasteiger partial charge in [0.1, 0.15) is 5.82 Å². The minimum atomic E-state index is -0.186. The lowest BCUT2D eigenvalue weighted by atomic mass is 9.98. The topological polar surface area (TPSA) is 12.0 Å². The molecule has 0 spiro atoms. The highest BCUT2D eigenvalue weighted by molar-refractivity contribution is 6.34. The quantitative estimate of drug-likeness (QED) is 0.748. The van der Waals surface area contributed by atoms with Crippen molar-refractivity contribution in [3.05, 3.63) is 69.5 Å². The molecular weight excluding hydrogens is 308 g/mol. The molecule has 0 radical (unpaired) electrons. The van der Waals surface area contributed by atoms with Crippen LogP contribution in [0, 0.1) is 5.82 Å². The predicted octanol–water partition coefficient (Wildman–Crippen LogP) is 5.42. The zero-order chi connectivity index (χ0) is 15.2. The molecule has 0 fully saturated rings. The molecule has 0 aromatic heterocycles. The molecule has 2 aromatic rings. The molecule has 0 amide bonds. The maximum absolute atomic E-state index is 13.9. The number of hydrogen-bond donors (Lipinski definition) is 1. The lowest BCUT2D eigenvalue weighted by molar-refractivity contribution is 0.513. The third kappa shape index (κ3) is 4.70.